The van der Waals surface area contributed by atoms with Crippen LogP contribution in [0.25, 0.3) is 0 Å². The SMILES string of the molecule is C=CC[C@H](N)c1cc(Cl)ccc1Br.Cl. The first-order chi connectivity index (χ1) is 6.15. The van der Waals surface area contributed by atoms with E-state index in [0.29, 0.717) is 5.02 Å². The van der Waals surface area contributed by atoms with Gasteiger partial charge in [0.05, 0.1) is 0 Å². The van der Waals surface area contributed by atoms with Crippen molar-refractivity contribution in [2.75, 3.05) is 0 Å². The second-order valence-electron chi connectivity index (χ2n) is 2.80. The Bertz CT molecular complexity index is 315. The van der Waals surface area contributed by atoms with Gasteiger partial charge in [0.15, 0.2) is 0 Å². The highest BCUT2D eigenvalue weighted by atomic mass is 79.9. The van der Waals surface area contributed by atoms with Crippen molar-refractivity contribution in [3.05, 3.63) is 45.9 Å². The zero-order chi connectivity index (χ0) is 9.84. The predicted molar refractivity (Wildman–Crippen MR) is 68.1 cm³/mol. The minimum atomic E-state index is -0.0365. The van der Waals surface area contributed by atoms with Gasteiger partial charge in [-0.1, -0.05) is 33.6 Å². The molecule has 0 unspecified atom stereocenters. The number of benzene rings is 1. The third-order valence-corrected chi connectivity index (χ3v) is 2.74. The molecular weight excluding hydrogens is 285 g/mol. The van der Waals surface area contributed by atoms with Crippen LogP contribution in [0.3, 0.4) is 0 Å². The summed E-state index contributed by atoms with van der Waals surface area (Å²) in [6, 6.07) is 5.57. The highest BCUT2D eigenvalue weighted by molar-refractivity contribution is 9.10. The van der Waals surface area contributed by atoms with E-state index in [9.17, 15) is 0 Å². The highest BCUT2D eigenvalue weighted by Gasteiger charge is 2.08. The minimum Gasteiger partial charge on any atom is -0.324 e. The van der Waals surface area contributed by atoms with Gasteiger partial charge in [0, 0.05) is 15.5 Å². The van der Waals surface area contributed by atoms with Crippen LogP contribution in [0.2, 0.25) is 5.02 Å². The number of rotatable bonds is 3. The molecule has 0 saturated carbocycles. The fourth-order valence-corrected chi connectivity index (χ4v) is 1.83. The largest absolute Gasteiger partial charge is 0.324 e. The summed E-state index contributed by atoms with van der Waals surface area (Å²) in [5.74, 6) is 0. The Morgan fingerprint density at radius 2 is 2.21 bits per heavy atom. The average molecular weight is 297 g/mol. The molecule has 1 nitrogen and oxygen atoms in total. The first-order valence-corrected chi connectivity index (χ1v) is 5.13. The number of hydrogen-bond donors (Lipinski definition) is 1. The van der Waals surface area contributed by atoms with Crippen molar-refractivity contribution >= 4 is 39.9 Å². The maximum atomic E-state index is 5.92. The van der Waals surface area contributed by atoms with Gasteiger partial charge in [-0.25, -0.2) is 0 Å². The fourth-order valence-electron chi connectivity index (χ4n) is 1.11. The lowest BCUT2D eigenvalue weighted by molar-refractivity contribution is 0.738. The molecule has 14 heavy (non-hydrogen) atoms. The molecule has 0 spiro atoms. The van der Waals surface area contributed by atoms with Gasteiger partial charge in [-0.2, -0.15) is 0 Å². The Morgan fingerprint density at radius 1 is 1.57 bits per heavy atom. The maximum absolute atomic E-state index is 5.92. The monoisotopic (exact) mass is 295 g/mol. The number of hydrogen-bond acceptors (Lipinski definition) is 1. The third-order valence-electron chi connectivity index (χ3n) is 1.78. The minimum absolute atomic E-state index is 0. The summed E-state index contributed by atoms with van der Waals surface area (Å²) in [6.45, 7) is 3.65. The molecule has 1 aromatic rings. The van der Waals surface area contributed by atoms with E-state index in [0.717, 1.165) is 16.5 Å². The molecule has 1 aromatic carbocycles. The van der Waals surface area contributed by atoms with Crippen LogP contribution < -0.4 is 5.73 Å². The molecule has 0 aliphatic heterocycles. The van der Waals surface area contributed by atoms with E-state index >= 15 is 0 Å². The predicted octanol–water partition coefficient (Wildman–Crippen LogP) is 4.10. The van der Waals surface area contributed by atoms with Crippen LogP contribution in [0.5, 0.6) is 0 Å². The number of halogens is 3. The summed E-state index contributed by atoms with van der Waals surface area (Å²) < 4.78 is 0.992. The zero-order valence-electron chi connectivity index (χ0n) is 7.54. The summed E-state index contributed by atoms with van der Waals surface area (Å²) in [7, 11) is 0. The van der Waals surface area contributed by atoms with Crippen molar-refractivity contribution in [1.82, 2.24) is 0 Å². The van der Waals surface area contributed by atoms with E-state index in [1.165, 1.54) is 0 Å². The second-order valence-corrected chi connectivity index (χ2v) is 4.09. The molecule has 2 N–H and O–H groups in total. The normalized spacial score (nSPS) is 11.6. The molecule has 0 heterocycles. The molecular formula is C10H12BrCl2N. The van der Waals surface area contributed by atoms with Gasteiger partial charge in [0.1, 0.15) is 0 Å². The van der Waals surface area contributed by atoms with Crippen molar-refractivity contribution in [3.8, 4) is 0 Å². The van der Waals surface area contributed by atoms with E-state index in [1.54, 1.807) is 6.08 Å². The van der Waals surface area contributed by atoms with Crippen molar-refractivity contribution < 1.29 is 0 Å². The molecule has 0 amide bonds. The Labute approximate surface area is 104 Å². The molecule has 0 aliphatic carbocycles. The Morgan fingerprint density at radius 3 is 2.79 bits per heavy atom. The second kappa shape index (κ2) is 6.46. The van der Waals surface area contributed by atoms with Gasteiger partial charge >= 0.3 is 0 Å². The smallest absolute Gasteiger partial charge is 0.0410 e. The van der Waals surface area contributed by atoms with Crippen LogP contribution >= 0.6 is 39.9 Å². The van der Waals surface area contributed by atoms with E-state index in [-0.39, 0.29) is 18.4 Å². The van der Waals surface area contributed by atoms with Crippen molar-refractivity contribution in [3.63, 3.8) is 0 Å². The molecule has 0 bridgehead atoms. The Hall–Kier alpha value is -0.0200. The molecule has 0 fully saturated rings. The first kappa shape index (κ1) is 14.0. The Kier molecular flexibility index (Phi) is 6.45. The van der Waals surface area contributed by atoms with Gasteiger partial charge in [-0.15, -0.1) is 19.0 Å². The van der Waals surface area contributed by atoms with Crippen molar-refractivity contribution in [2.45, 2.75) is 12.5 Å². The van der Waals surface area contributed by atoms with E-state index < -0.39 is 0 Å². The van der Waals surface area contributed by atoms with Crippen molar-refractivity contribution in [1.29, 1.82) is 0 Å². The van der Waals surface area contributed by atoms with Crippen LogP contribution in [-0.4, -0.2) is 0 Å². The Balaban J connectivity index is 0.00000169. The van der Waals surface area contributed by atoms with Gasteiger partial charge in [-0.05, 0) is 30.2 Å². The van der Waals surface area contributed by atoms with Crippen LogP contribution in [0.15, 0.2) is 35.3 Å². The van der Waals surface area contributed by atoms with Crippen LogP contribution in [0, 0.1) is 0 Å². The lowest BCUT2D eigenvalue weighted by Gasteiger charge is -2.11. The zero-order valence-corrected chi connectivity index (χ0v) is 10.7. The van der Waals surface area contributed by atoms with Gasteiger partial charge < -0.3 is 5.73 Å². The summed E-state index contributed by atoms with van der Waals surface area (Å²) in [5, 5.41) is 0.706. The van der Waals surface area contributed by atoms with E-state index in [1.807, 2.05) is 18.2 Å². The van der Waals surface area contributed by atoms with Crippen LogP contribution in [0.4, 0.5) is 0 Å². The fraction of sp³-hybridized carbons (Fsp3) is 0.200. The van der Waals surface area contributed by atoms with Crippen LogP contribution in [-0.2, 0) is 0 Å². The lowest BCUT2D eigenvalue weighted by Crippen LogP contribution is -2.09. The molecule has 0 aromatic heterocycles. The van der Waals surface area contributed by atoms with Crippen LogP contribution in [0.1, 0.15) is 18.0 Å². The molecule has 78 valence electrons. The van der Waals surface area contributed by atoms with Crippen molar-refractivity contribution in [2.24, 2.45) is 5.73 Å². The number of nitrogens with two attached hydrogens (primary N) is 1. The summed E-state index contributed by atoms with van der Waals surface area (Å²) in [6.07, 6.45) is 2.55. The maximum Gasteiger partial charge on any atom is 0.0410 e. The molecule has 4 heteroatoms. The summed E-state index contributed by atoms with van der Waals surface area (Å²) in [4.78, 5) is 0. The van der Waals surface area contributed by atoms with E-state index in [4.69, 9.17) is 17.3 Å². The molecule has 1 atom stereocenters. The van der Waals surface area contributed by atoms with Gasteiger partial charge in [-0.3, -0.25) is 0 Å². The third kappa shape index (κ3) is 3.62. The summed E-state index contributed by atoms with van der Waals surface area (Å²) >= 11 is 9.29. The van der Waals surface area contributed by atoms with E-state index in [2.05, 4.69) is 22.5 Å². The standard InChI is InChI=1S/C10H11BrClN.ClH/c1-2-3-10(13)8-6-7(12)4-5-9(8)11;/h2,4-6,10H,1,3,13H2;1H/t10-;/m0./s1. The molecule has 0 saturated heterocycles. The van der Waals surface area contributed by atoms with Gasteiger partial charge in [0.25, 0.3) is 0 Å². The molecule has 1 rings (SSSR count). The quantitative estimate of drug-likeness (QED) is 0.835. The topological polar surface area (TPSA) is 26.0 Å². The van der Waals surface area contributed by atoms with Gasteiger partial charge in [0.2, 0.25) is 0 Å². The average Bonchev–Trinajstić information content (AvgIpc) is 2.09. The lowest BCUT2D eigenvalue weighted by atomic mass is 10.1. The molecule has 0 aliphatic rings. The highest BCUT2D eigenvalue weighted by Crippen LogP contribution is 2.27. The first-order valence-electron chi connectivity index (χ1n) is 3.96. The summed E-state index contributed by atoms with van der Waals surface area (Å²) in [5.41, 5.74) is 6.94. The molecule has 0 radical (unpaired) electrons.